The second-order valence-electron chi connectivity index (χ2n) is 5.49. The zero-order valence-electron chi connectivity index (χ0n) is 12.9. The van der Waals surface area contributed by atoms with Gasteiger partial charge in [0.05, 0.1) is 13.2 Å². The molecule has 1 unspecified atom stereocenters. The Morgan fingerprint density at radius 1 is 1.09 bits per heavy atom. The summed E-state index contributed by atoms with van der Waals surface area (Å²) in [6.45, 7) is 0.605. The molecule has 0 spiro atoms. The lowest BCUT2D eigenvalue weighted by molar-refractivity contribution is 0.0671. The van der Waals surface area contributed by atoms with Crippen LogP contribution in [0.25, 0.3) is 0 Å². The first kappa shape index (κ1) is 15.2. The number of Topliss-reactive ketones (excluding diaryl/α,β-unsaturated/α-hetero) is 1. The third-order valence-electron chi connectivity index (χ3n) is 4.12. The van der Waals surface area contributed by atoms with Gasteiger partial charge in [0.25, 0.3) is 5.91 Å². The van der Waals surface area contributed by atoms with Crippen molar-refractivity contribution in [2.24, 2.45) is 0 Å². The Bertz CT molecular complexity index is 698. The van der Waals surface area contributed by atoms with Crippen molar-refractivity contribution in [3.8, 4) is 5.75 Å². The number of carbonyl (C=O) groups is 2. The molecule has 1 aromatic carbocycles. The SMILES string of the molecule is COc1ccc(C(=O)C2CCCN2C(=O)c2ccncc2)cc1. The number of pyridine rings is 1. The second kappa shape index (κ2) is 6.60. The molecule has 0 aliphatic carbocycles. The predicted octanol–water partition coefficient (Wildman–Crippen LogP) is 2.58. The first-order valence-electron chi connectivity index (χ1n) is 7.60. The van der Waals surface area contributed by atoms with E-state index < -0.39 is 6.04 Å². The van der Waals surface area contributed by atoms with E-state index in [9.17, 15) is 9.59 Å². The van der Waals surface area contributed by atoms with E-state index >= 15 is 0 Å². The number of ether oxygens (including phenoxy) is 1. The number of nitrogens with zero attached hydrogens (tertiary/aromatic N) is 2. The Hall–Kier alpha value is -2.69. The van der Waals surface area contributed by atoms with Crippen LogP contribution < -0.4 is 4.74 Å². The second-order valence-corrected chi connectivity index (χ2v) is 5.49. The highest BCUT2D eigenvalue weighted by Crippen LogP contribution is 2.24. The van der Waals surface area contributed by atoms with E-state index in [4.69, 9.17) is 4.74 Å². The van der Waals surface area contributed by atoms with Gasteiger partial charge in [-0.05, 0) is 49.2 Å². The topological polar surface area (TPSA) is 59.5 Å². The third kappa shape index (κ3) is 3.08. The maximum atomic E-state index is 12.7. The van der Waals surface area contributed by atoms with Gasteiger partial charge in [-0.3, -0.25) is 14.6 Å². The summed E-state index contributed by atoms with van der Waals surface area (Å²) in [6.07, 6.45) is 4.71. The summed E-state index contributed by atoms with van der Waals surface area (Å²) in [5, 5.41) is 0. The lowest BCUT2D eigenvalue weighted by Gasteiger charge is -2.23. The van der Waals surface area contributed by atoms with Crippen molar-refractivity contribution in [1.82, 2.24) is 9.88 Å². The Balaban J connectivity index is 1.80. The van der Waals surface area contributed by atoms with Crippen LogP contribution in [0.4, 0.5) is 0 Å². The fourth-order valence-electron chi connectivity index (χ4n) is 2.89. The molecule has 2 heterocycles. The maximum Gasteiger partial charge on any atom is 0.254 e. The average Bonchev–Trinajstić information content (AvgIpc) is 3.11. The highest BCUT2D eigenvalue weighted by molar-refractivity contribution is 6.04. The van der Waals surface area contributed by atoms with E-state index in [2.05, 4.69) is 4.98 Å². The van der Waals surface area contributed by atoms with Crippen molar-refractivity contribution in [1.29, 1.82) is 0 Å². The summed E-state index contributed by atoms with van der Waals surface area (Å²) in [7, 11) is 1.59. The van der Waals surface area contributed by atoms with Crippen molar-refractivity contribution in [3.63, 3.8) is 0 Å². The number of aromatic nitrogens is 1. The highest BCUT2D eigenvalue weighted by atomic mass is 16.5. The van der Waals surface area contributed by atoms with Crippen LogP contribution in [-0.4, -0.2) is 41.3 Å². The third-order valence-corrected chi connectivity index (χ3v) is 4.12. The standard InChI is InChI=1S/C18H18N2O3/c1-23-15-6-4-13(5-7-15)17(21)16-3-2-12-20(16)18(22)14-8-10-19-11-9-14/h4-11,16H,2-3,12H2,1H3. The normalized spacial score (nSPS) is 17.1. The smallest absolute Gasteiger partial charge is 0.254 e. The maximum absolute atomic E-state index is 12.7. The Kier molecular flexibility index (Phi) is 4.37. The molecular weight excluding hydrogens is 292 g/mol. The minimum atomic E-state index is -0.399. The van der Waals surface area contributed by atoms with Gasteiger partial charge in [-0.25, -0.2) is 0 Å². The van der Waals surface area contributed by atoms with Crippen LogP contribution >= 0.6 is 0 Å². The van der Waals surface area contributed by atoms with E-state index in [-0.39, 0.29) is 11.7 Å². The van der Waals surface area contributed by atoms with Gasteiger partial charge in [0.1, 0.15) is 5.75 Å². The molecule has 1 aliphatic heterocycles. The molecular formula is C18H18N2O3. The van der Waals surface area contributed by atoms with Gasteiger partial charge < -0.3 is 9.64 Å². The Morgan fingerprint density at radius 3 is 2.43 bits per heavy atom. The zero-order chi connectivity index (χ0) is 16.2. The summed E-state index contributed by atoms with van der Waals surface area (Å²) in [5.74, 6) is 0.571. The molecule has 1 atom stereocenters. The van der Waals surface area contributed by atoms with Gasteiger partial charge >= 0.3 is 0 Å². The van der Waals surface area contributed by atoms with Crippen molar-refractivity contribution >= 4 is 11.7 Å². The lowest BCUT2D eigenvalue weighted by atomic mass is 10.0. The fraction of sp³-hybridized carbons (Fsp3) is 0.278. The van der Waals surface area contributed by atoms with Crippen molar-refractivity contribution in [2.45, 2.75) is 18.9 Å². The number of carbonyl (C=O) groups excluding carboxylic acids is 2. The van der Waals surface area contributed by atoms with E-state index in [0.29, 0.717) is 29.8 Å². The largest absolute Gasteiger partial charge is 0.497 e. The molecule has 1 aliphatic rings. The van der Waals surface area contributed by atoms with Gasteiger partial charge in [-0.2, -0.15) is 0 Å². The zero-order valence-corrected chi connectivity index (χ0v) is 12.9. The minimum Gasteiger partial charge on any atom is -0.497 e. The first-order valence-corrected chi connectivity index (χ1v) is 7.60. The van der Waals surface area contributed by atoms with Crippen LogP contribution in [-0.2, 0) is 0 Å². The molecule has 5 heteroatoms. The summed E-state index contributed by atoms with van der Waals surface area (Å²) in [6, 6.07) is 9.96. The summed E-state index contributed by atoms with van der Waals surface area (Å²) >= 11 is 0. The van der Waals surface area contributed by atoms with Gasteiger partial charge in [0.2, 0.25) is 0 Å². The van der Waals surface area contributed by atoms with Crippen LogP contribution in [0, 0.1) is 0 Å². The number of hydrogen-bond donors (Lipinski definition) is 0. The molecule has 23 heavy (non-hydrogen) atoms. The molecule has 3 rings (SSSR count). The van der Waals surface area contributed by atoms with Crippen LogP contribution in [0.15, 0.2) is 48.8 Å². The molecule has 0 bridgehead atoms. The Morgan fingerprint density at radius 2 is 1.78 bits per heavy atom. The molecule has 0 radical (unpaired) electrons. The monoisotopic (exact) mass is 310 g/mol. The van der Waals surface area contributed by atoms with Gasteiger partial charge in [-0.1, -0.05) is 0 Å². The van der Waals surface area contributed by atoms with Crippen LogP contribution in [0.2, 0.25) is 0 Å². The first-order chi connectivity index (χ1) is 11.2. The Labute approximate surface area is 134 Å². The predicted molar refractivity (Wildman–Crippen MR) is 85.6 cm³/mol. The number of likely N-dealkylation sites (tertiary alicyclic amines) is 1. The van der Waals surface area contributed by atoms with Crippen molar-refractivity contribution in [2.75, 3.05) is 13.7 Å². The summed E-state index contributed by atoms with van der Waals surface area (Å²) in [5.41, 5.74) is 1.17. The minimum absolute atomic E-state index is 0.0208. The molecule has 5 nitrogen and oxygen atoms in total. The van der Waals surface area contributed by atoms with Crippen molar-refractivity contribution in [3.05, 3.63) is 59.9 Å². The van der Waals surface area contributed by atoms with E-state index in [1.165, 1.54) is 0 Å². The molecule has 0 N–H and O–H groups in total. The quantitative estimate of drug-likeness (QED) is 0.814. The number of amides is 1. The number of hydrogen-bond acceptors (Lipinski definition) is 4. The van der Waals surface area contributed by atoms with Crippen molar-refractivity contribution < 1.29 is 14.3 Å². The molecule has 2 aromatic rings. The highest BCUT2D eigenvalue weighted by Gasteiger charge is 2.34. The fourth-order valence-corrected chi connectivity index (χ4v) is 2.89. The molecule has 1 aromatic heterocycles. The lowest BCUT2D eigenvalue weighted by Crippen LogP contribution is -2.40. The molecule has 1 saturated heterocycles. The van der Waals surface area contributed by atoms with Crippen LogP contribution in [0.1, 0.15) is 33.6 Å². The summed E-state index contributed by atoms with van der Waals surface area (Å²) in [4.78, 5) is 31.0. The molecule has 1 fully saturated rings. The van der Waals surface area contributed by atoms with Crippen LogP contribution in [0.3, 0.4) is 0 Å². The number of benzene rings is 1. The van der Waals surface area contributed by atoms with Gasteiger partial charge in [0.15, 0.2) is 5.78 Å². The molecule has 118 valence electrons. The molecule has 0 saturated carbocycles. The van der Waals surface area contributed by atoms with Gasteiger partial charge in [-0.15, -0.1) is 0 Å². The number of methoxy groups -OCH3 is 1. The van der Waals surface area contributed by atoms with Crippen LogP contribution in [0.5, 0.6) is 5.75 Å². The van der Waals surface area contributed by atoms with E-state index in [1.807, 2.05) is 0 Å². The molecule has 1 amide bonds. The van der Waals surface area contributed by atoms with E-state index in [1.54, 1.807) is 60.8 Å². The summed E-state index contributed by atoms with van der Waals surface area (Å²) < 4.78 is 5.11. The number of ketones is 1. The van der Waals surface area contributed by atoms with E-state index in [0.717, 1.165) is 6.42 Å². The van der Waals surface area contributed by atoms with Gasteiger partial charge in [0, 0.05) is 30.1 Å². The number of rotatable bonds is 4. The average molecular weight is 310 g/mol.